The van der Waals surface area contributed by atoms with Gasteiger partial charge in [-0.25, -0.2) is 0 Å². The van der Waals surface area contributed by atoms with Gasteiger partial charge in [0.25, 0.3) is 5.69 Å². The van der Waals surface area contributed by atoms with Crippen molar-refractivity contribution in [3.8, 4) is 0 Å². The SMILES string of the molecule is COCc1cc([N+](=O)[O-])ccc1NCc1ccccc1. The van der Waals surface area contributed by atoms with E-state index in [1.54, 1.807) is 13.2 Å². The van der Waals surface area contributed by atoms with E-state index in [0.29, 0.717) is 13.2 Å². The minimum Gasteiger partial charge on any atom is -0.381 e. The molecule has 0 bridgehead atoms. The van der Waals surface area contributed by atoms with E-state index in [-0.39, 0.29) is 5.69 Å². The number of nitrogens with one attached hydrogen (secondary N) is 1. The molecule has 2 rings (SSSR count). The average Bonchev–Trinajstić information content (AvgIpc) is 2.47. The predicted octanol–water partition coefficient (Wildman–Crippen LogP) is 3.35. The second kappa shape index (κ2) is 6.68. The normalized spacial score (nSPS) is 10.2. The van der Waals surface area contributed by atoms with Crippen LogP contribution >= 0.6 is 0 Å². The van der Waals surface area contributed by atoms with Crippen molar-refractivity contribution in [2.45, 2.75) is 13.2 Å². The molecule has 0 heterocycles. The molecule has 0 saturated heterocycles. The topological polar surface area (TPSA) is 64.4 Å². The van der Waals surface area contributed by atoms with Gasteiger partial charge in [-0.1, -0.05) is 30.3 Å². The molecule has 0 saturated carbocycles. The van der Waals surface area contributed by atoms with Crippen LogP contribution in [0.5, 0.6) is 0 Å². The summed E-state index contributed by atoms with van der Waals surface area (Å²) in [4.78, 5) is 10.4. The van der Waals surface area contributed by atoms with E-state index < -0.39 is 4.92 Å². The number of nitrogens with zero attached hydrogens (tertiary/aromatic N) is 1. The van der Waals surface area contributed by atoms with Gasteiger partial charge in [0.15, 0.2) is 0 Å². The fourth-order valence-electron chi connectivity index (χ4n) is 1.93. The molecular formula is C15H16N2O3. The molecule has 5 nitrogen and oxygen atoms in total. The lowest BCUT2D eigenvalue weighted by atomic mass is 10.1. The molecule has 0 spiro atoms. The smallest absolute Gasteiger partial charge is 0.269 e. The molecule has 0 radical (unpaired) electrons. The number of nitro groups is 1. The number of nitro benzene ring substituents is 1. The molecule has 0 aliphatic carbocycles. The van der Waals surface area contributed by atoms with E-state index in [1.165, 1.54) is 12.1 Å². The molecule has 104 valence electrons. The van der Waals surface area contributed by atoms with Crippen molar-refractivity contribution in [3.05, 3.63) is 69.8 Å². The van der Waals surface area contributed by atoms with Crippen LogP contribution in [0.2, 0.25) is 0 Å². The first-order valence-corrected chi connectivity index (χ1v) is 6.25. The van der Waals surface area contributed by atoms with Crippen LogP contribution in [-0.4, -0.2) is 12.0 Å². The van der Waals surface area contributed by atoms with Crippen LogP contribution in [0.15, 0.2) is 48.5 Å². The van der Waals surface area contributed by atoms with Gasteiger partial charge in [0, 0.05) is 37.0 Å². The highest BCUT2D eigenvalue weighted by molar-refractivity contribution is 5.56. The molecule has 2 aromatic rings. The molecule has 0 amide bonds. The van der Waals surface area contributed by atoms with Gasteiger partial charge in [0.1, 0.15) is 0 Å². The Morgan fingerprint density at radius 3 is 2.60 bits per heavy atom. The Morgan fingerprint density at radius 2 is 1.95 bits per heavy atom. The largest absolute Gasteiger partial charge is 0.381 e. The lowest BCUT2D eigenvalue weighted by Gasteiger charge is -2.11. The highest BCUT2D eigenvalue weighted by atomic mass is 16.6. The Bertz CT molecular complexity index is 585. The van der Waals surface area contributed by atoms with Crippen molar-refractivity contribution < 1.29 is 9.66 Å². The van der Waals surface area contributed by atoms with Gasteiger partial charge in [-0.15, -0.1) is 0 Å². The van der Waals surface area contributed by atoms with E-state index >= 15 is 0 Å². The quantitative estimate of drug-likeness (QED) is 0.647. The fourth-order valence-corrected chi connectivity index (χ4v) is 1.93. The van der Waals surface area contributed by atoms with Gasteiger partial charge >= 0.3 is 0 Å². The summed E-state index contributed by atoms with van der Waals surface area (Å²) in [5.74, 6) is 0. The van der Waals surface area contributed by atoms with Crippen LogP contribution in [0, 0.1) is 10.1 Å². The summed E-state index contributed by atoms with van der Waals surface area (Å²) in [5, 5.41) is 14.1. The van der Waals surface area contributed by atoms with Crippen molar-refractivity contribution in [1.82, 2.24) is 0 Å². The molecule has 0 fully saturated rings. The first-order valence-electron chi connectivity index (χ1n) is 6.25. The molecule has 5 heteroatoms. The van der Waals surface area contributed by atoms with Crippen molar-refractivity contribution in [1.29, 1.82) is 0 Å². The van der Waals surface area contributed by atoms with Crippen molar-refractivity contribution in [2.75, 3.05) is 12.4 Å². The third kappa shape index (κ3) is 3.55. The Hall–Kier alpha value is -2.40. The predicted molar refractivity (Wildman–Crippen MR) is 77.6 cm³/mol. The minimum absolute atomic E-state index is 0.0716. The first-order chi connectivity index (χ1) is 9.70. The van der Waals surface area contributed by atoms with Crippen molar-refractivity contribution >= 4 is 11.4 Å². The fraction of sp³-hybridized carbons (Fsp3) is 0.200. The second-order valence-corrected chi connectivity index (χ2v) is 4.37. The number of hydrogen-bond donors (Lipinski definition) is 1. The molecular weight excluding hydrogens is 256 g/mol. The summed E-state index contributed by atoms with van der Waals surface area (Å²) in [6.07, 6.45) is 0. The highest BCUT2D eigenvalue weighted by Crippen LogP contribution is 2.23. The summed E-state index contributed by atoms with van der Waals surface area (Å²) in [5.41, 5.74) is 2.84. The van der Waals surface area contributed by atoms with E-state index in [4.69, 9.17) is 4.74 Å². The number of methoxy groups -OCH3 is 1. The summed E-state index contributed by atoms with van der Waals surface area (Å²) < 4.78 is 5.09. The zero-order valence-electron chi connectivity index (χ0n) is 11.2. The Kier molecular flexibility index (Phi) is 4.68. The number of ether oxygens (including phenoxy) is 1. The van der Waals surface area contributed by atoms with Crippen LogP contribution in [0.25, 0.3) is 0 Å². The van der Waals surface area contributed by atoms with Crippen LogP contribution in [0.1, 0.15) is 11.1 Å². The minimum atomic E-state index is -0.403. The monoisotopic (exact) mass is 272 g/mol. The van der Waals surface area contributed by atoms with Gasteiger partial charge in [0.2, 0.25) is 0 Å². The van der Waals surface area contributed by atoms with Gasteiger partial charge in [-0.05, 0) is 11.6 Å². The summed E-state index contributed by atoms with van der Waals surface area (Å²) in [6.45, 7) is 0.994. The second-order valence-electron chi connectivity index (χ2n) is 4.37. The van der Waals surface area contributed by atoms with Gasteiger partial charge in [0.05, 0.1) is 11.5 Å². The number of anilines is 1. The molecule has 0 aliphatic rings. The van der Waals surface area contributed by atoms with Gasteiger partial charge in [-0.3, -0.25) is 10.1 Å². The maximum Gasteiger partial charge on any atom is 0.269 e. The van der Waals surface area contributed by atoms with Crippen LogP contribution in [-0.2, 0) is 17.9 Å². The highest BCUT2D eigenvalue weighted by Gasteiger charge is 2.10. The number of hydrogen-bond acceptors (Lipinski definition) is 4. The third-order valence-corrected chi connectivity index (χ3v) is 2.93. The molecule has 0 atom stereocenters. The molecule has 0 aromatic heterocycles. The van der Waals surface area contributed by atoms with Crippen molar-refractivity contribution in [3.63, 3.8) is 0 Å². The summed E-state index contributed by atoms with van der Waals surface area (Å²) in [7, 11) is 1.57. The lowest BCUT2D eigenvalue weighted by molar-refractivity contribution is -0.384. The maximum atomic E-state index is 10.8. The van der Waals surface area contributed by atoms with Crippen molar-refractivity contribution in [2.24, 2.45) is 0 Å². The summed E-state index contributed by atoms with van der Waals surface area (Å²) in [6, 6.07) is 14.7. The lowest BCUT2D eigenvalue weighted by Crippen LogP contribution is -2.04. The Balaban J connectivity index is 2.16. The third-order valence-electron chi connectivity index (χ3n) is 2.93. The average molecular weight is 272 g/mol. The molecule has 0 unspecified atom stereocenters. The number of rotatable bonds is 6. The van der Waals surface area contributed by atoms with Gasteiger partial charge < -0.3 is 10.1 Å². The zero-order chi connectivity index (χ0) is 14.4. The van der Waals surface area contributed by atoms with Crippen LogP contribution in [0.3, 0.4) is 0 Å². The van der Waals surface area contributed by atoms with E-state index in [9.17, 15) is 10.1 Å². The Morgan fingerprint density at radius 1 is 1.20 bits per heavy atom. The first kappa shape index (κ1) is 14.0. The Labute approximate surface area is 117 Å². The van der Waals surface area contributed by atoms with E-state index in [0.717, 1.165) is 16.8 Å². The van der Waals surface area contributed by atoms with E-state index in [2.05, 4.69) is 5.32 Å². The number of non-ortho nitro benzene ring substituents is 1. The molecule has 2 aromatic carbocycles. The standard InChI is InChI=1S/C15H16N2O3/c1-20-11-13-9-14(17(18)19)7-8-15(13)16-10-12-5-3-2-4-6-12/h2-9,16H,10-11H2,1H3. The molecule has 1 N–H and O–H groups in total. The number of benzene rings is 2. The summed E-state index contributed by atoms with van der Waals surface area (Å²) >= 11 is 0. The zero-order valence-corrected chi connectivity index (χ0v) is 11.2. The maximum absolute atomic E-state index is 10.8. The van der Waals surface area contributed by atoms with Crippen LogP contribution in [0.4, 0.5) is 11.4 Å². The molecule has 20 heavy (non-hydrogen) atoms. The van der Waals surface area contributed by atoms with E-state index in [1.807, 2.05) is 30.3 Å². The van der Waals surface area contributed by atoms with Gasteiger partial charge in [-0.2, -0.15) is 0 Å². The van der Waals surface area contributed by atoms with Crippen LogP contribution < -0.4 is 5.32 Å². The molecule has 0 aliphatic heterocycles.